The van der Waals surface area contributed by atoms with E-state index in [2.05, 4.69) is 22.4 Å². The molecule has 2 N–H and O–H groups in total. The number of hydrogen-bond donors (Lipinski definition) is 2. The molecule has 4 nitrogen and oxygen atoms in total. The van der Waals surface area contributed by atoms with E-state index in [-0.39, 0.29) is 5.56 Å². The van der Waals surface area contributed by atoms with Crippen molar-refractivity contribution in [3.63, 3.8) is 0 Å². The van der Waals surface area contributed by atoms with E-state index in [1.807, 2.05) is 28.8 Å². The Morgan fingerprint density at radius 2 is 2.00 bits per heavy atom. The van der Waals surface area contributed by atoms with E-state index in [4.69, 9.17) is 0 Å². The highest BCUT2D eigenvalue weighted by Crippen LogP contribution is 2.19. The number of benzene rings is 1. The van der Waals surface area contributed by atoms with Crippen LogP contribution in [0.2, 0.25) is 0 Å². The van der Waals surface area contributed by atoms with Gasteiger partial charge in [-0.3, -0.25) is 4.79 Å². The quantitative estimate of drug-likeness (QED) is 0.779. The lowest BCUT2D eigenvalue weighted by Crippen LogP contribution is -2.30. The summed E-state index contributed by atoms with van der Waals surface area (Å²) in [6.45, 7) is 0.891. The molecule has 2 heterocycles. The molecular weight excluding hydrogens is 274 g/mol. The second-order valence-corrected chi connectivity index (χ2v) is 6.28. The zero-order valence-corrected chi connectivity index (χ0v) is 12.6. The summed E-state index contributed by atoms with van der Waals surface area (Å²) in [5.74, 6) is 0. The highest BCUT2D eigenvalue weighted by atomic mass is 16.1. The fourth-order valence-corrected chi connectivity index (χ4v) is 3.52. The van der Waals surface area contributed by atoms with Crippen LogP contribution in [0.3, 0.4) is 0 Å². The molecule has 0 radical (unpaired) electrons. The zero-order chi connectivity index (χ0) is 14.9. The lowest BCUT2D eigenvalue weighted by atomic mass is 9.95. The van der Waals surface area contributed by atoms with Crippen LogP contribution in [-0.4, -0.2) is 15.4 Å². The third kappa shape index (κ3) is 2.44. The number of nitrogens with one attached hydrogen (secondary N) is 2. The average Bonchev–Trinajstić information content (AvgIpc) is 3.05. The van der Waals surface area contributed by atoms with Crippen LogP contribution < -0.4 is 10.9 Å². The summed E-state index contributed by atoms with van der Waals surface area (Å²) < 4.78 is 1.97. The van der Waals surface area contributed by atoms with Crippen molar-refractivity contribution in [3.8, 4) is 0 Å². The molecule has 22 heavy (non-hydrogen) atoms. The predicted molar refractivity (Wildman–Crippen MR) is 89.2 cm³/mol. The van der Waals surface area contributed by atoms with Crippen LogP contribution in [0, 0.1) is 0 Å². The van der Waals surface area contributed by atoms with Gasteiger partial charge >= 0.3 is 0 Å². The van der Waals surface area contributed by atoms with Crippen molar-refractivity contribution in [2.24, 2.45) is 0 Å². The Labute approximate surface area is 129 Å². The molecule has 0 unspecified atom stereocenters. The number of aromatic nitrogens is 2. The van der Waals surface area contributed by atoms with Gasteiger partial charge in [0.2, 0.25) is 0 Å². The number of hydrogen-bond acceptors (Lipinski definition) is 2. The summed E-state index contributed by atoms with van der Waals surface area (Å²) in [5, 5.41) is 3.67. The van der Waals surface area contributed by atoms with Crippen molar-refractivity contribution in [1.29, 1.82) is 0 Å². The molecule has 0 spiro atoms. The monoisotopic (exact) mass is 295 g/mol. The Bertz CT molecular complexity index is 856. The second-order valence-electron chi connectivity index (χ2n) is 6.28. The Hall–Kier alpha value is -2.07. The summed E-state index contributed by atoms with van der Waals surface area (Å²) >= 11 is 0. The summed E-state index contributed by atoms with van der Waals surface area (Å²) in [6.07, 6.45) is 8.62. The maximum atomic E-state index is 12.0. The smallest absolute Gasteiger partial charge is 0.272 e. The van der Waals surface area contributed by atoms with Gasteiger partial charge in [-0.2, -0.15) is 0 Å². The highest BCUT2D eigenvalue weighted by Gasteiger charge is 2.12. The maximum absolute atomic E-state index is 12.0. The van der Waals surface area contributed by atoms with E-state index >= 15 is 0 Å². The van der Waals surface area contributed by atoms with Crippen molar-refractivity contribution >= 4 is 16.6 Å². The fraction of sp³-hybridized carbons (Fsp3) is 0.389. The first-order chi connectivity index (χ1) is 10.8. The van der Waals surface area contributed by atoms with E-state index in [1.165, 1.54) is 37.7 Å². The third-order valence-corrected chi connectivity index (χ3v) is 4.75. The van der Waals surface area contributed by atoms with Gasteiger partial charge in [-0.05, 0) is 42.7 Å². The molecule has 4 heteroatoms. The van der Waals surface area contributed by atoms with E-state index in [0.717, 1.165) is 17.6 Å². The predicted octanol–water partition coefficient (Wildman–Crippen LogP) is 3.20. The molecule has 1 aliphatic carbocycles. The van der Waals surface area contributed by atoms with Gasteiger partial charge in [0, 0.05) is 18.8 Å². The SMILES string of the molecule is O=c1[nH]c2ccc(CNC3CCCCC3)cc2n2cccc12. The van der Waals surface area contributed by atoms with Crippen LogP contribution >= 0.6 is 0 Å². The van der Waals surface area contributed by atoms with Crippen molar-refractivity contribution in [2.45, 2.75) is 44.7 Å². The first kappa shape index (κ1) is 13.6. The van der Waals surface area contributed by atoms with Crippen LogP contribution in [0.4, 0.5) is 0 Å². The third-order valence-electron chi connectivity index (χ3n) is 4.75. The van der Waals surface area contributed by atoms with Crippen LogP contribution in [0.1, 0.15) is 37.7 Å². The second kappa shape index (κ2) is 5.61. The Morgan fingerprint density at radius 3 is 2.86 bits per heavy atom. The standard InChI is InChI=1S/C18H21N3O/c22-18-16-7-4-10-21(16)17-11-13(8-9-15(17)20-18)12-19-14-5-2-1-3-6-14/h4,7-11,14,19H,1-3,5-6,12H2,(H,20,22). The van der Waals surface area contributed by atoms with Gasteiger partial charge in [-0.1, -0.05) is 25.3 Å². The summed E-state index contributed by atoms with van der Waals surface area (Å²) in [6, 6.07) is 10.7. The van der Waals surface area contributed by atoms with E-state index < -0.39 is 0 Å². The van der Waals surface area contributed by atoms with Gasteiger partial charge in [0.05, 0.1) is 11.0 Å². The molecule has 114 valence electrons. The first-order valence-corrected chi connectivity index (χ1v) is 8.17. The molecule has 0 bridgehead atoms. The van der Waals surface area contributed by atoms with Crippen molar-refractivity contribution in [1.82, 2.24) is 14.7 Å². The number of rotatable bonds is 3. The molecular formula is C18H21N3O. The molecule has 1 aromatic carbocycles. The van der Waals surface area contributed by atoms with Crippen LogP contribution in [-0.2, 0) is 6.54 Å². The molecule has 0 amide bonds. The molecule has 0 aliphatic heterocycles. The largest absolute Gasteiger partial charge is 0.319 e. The van der Waals surface area contributed by atoms with Crippen LogP contribution in [0.25, 0.3) is 16.6 Å². The van der Waals surface area contributed by atoms with Gasteiger partial charge in [0.25, 0.3) is 5.56 Å². The minimum absolute atomic E-state index is 0.0365. The average molecular weight is 295 g/mol. The Morgan fingerprint density at radius 1 is 1.14 bits per heavy atom. The number of nitrogens with zero attached hydrogens (tertiary/aromatic N) is 1. The fourth-order valence-electron chi connectivity index (χ4n) is 3.52. The highest BCUT2D eigenvalue weighted by molar-refractivity contribution is 5.78. The Balaban J connectivity index is 1.64. The molecule has 3 aromatic rings. The van der Waals surface area contributed by atoms with Gasteiger partial charge in [-0.25, -0.2) is 0 Å². The van der Waals surface area contributed by atoms with Gasteiger partial charge in [0.1, 0.15) is 5.52 Å². The van der Waals surface area contributed by atoms with Crippen molar-refractivity contribution < 1.29 is 0 Å². The lowest BCUT2D eigenvalue weighted by Gasteiger charge is -2.23. The summed E-state index contributed by atoms with van der Waals surface area (Å²) in [5.41, 5.74) is 3.87. The molecule has 0 saturated heterocycles. The molecule has 1 saturated carbocycles. The van der Waals surface area contributed by atoms with Gasteiger partial charge < -0.3 is 14.7 Å². The van der Waals surface area contributed by atoms with E-state index in [0.29, 0.717) is 11.6 Å². The molecule has 4 rings (SSSR count). The number of fused-ring (bicyclic) bond motifs is 3. The van der Waals surface area contributed by atoms with E-state index in [9.17, 15) is 4.79 Å². The maximum Gasteiger partial charge on any atom is 0.272 e. The topological polar surface area (TPSA) is 49.3 Å². The number of aromatic amines is 1. The van der Waals surface area contributed by atoms with Gasteiger partial charge in [0.15, 0.2) is 0 Å². The van der Waals surface area contributed by atoms with Crippen LogP contribution in [0.5, 0.6) is 0 Å². The van der Waals surface area contributed by atoms with Crippen molar-refractivity contribution in [2.75, 3.05) is 0 Å². The molecule has 1 fully saturated rings. The molecule has 1 aliphatic rings. The summed E-state index contributed by atoms with van der Waals surface area (Å²) in [4.78, 5) is 14.9. The Kier molecular flexibility index (Phi) is 3.47. The minimum atomic E-state index is -0.0365. The van der Waals surface area contributed by atoms with Crippen molar-refractivity contribution in [3.05, 3.63) is 52.4 Å². The molecule has 0 atom stereocenters. The normalized spacial score (nSPS) is 16.5. The summed E-state index contributed by atoms with van der Waals surface area (Å²) in [7, 11) is 0. The lowest BCUT2D eigenvalue weighted by molar-refractivity contribution is 0.372. The molecule has 2 aromatic heterocycles. The van der Waals surface area contributed by atoms with E-state index in [1.54, 1.807) is 0 Å². The minimum Gasteiger partial charge on any atom is -0.319 e. The number of H-pyrrole nitrogens is 1. The van der Waals surface area contributed by atoms with Crippen LogP contribution in [0.15, 0.2) is 41.3 Å². The first-order valence-electron chi connectivity index (χ1n) is 8.17. The zero-order valence-electron chi connectivity index (χ0n) is 12.6. The van der Waals surface area contributed by atoms with Gasteiger partial charge in [-0.15, -0.1) is 0 Å².